The predicted molar refractivity (Wildman–Crippen MR) is 78.4 cm³/mol. The van der Waals surface area contributed by atoms with Crippen molar-refractivity contribution in [3.63, 3.8) is 0 Å². The second-order valence-corrected chi connectivity index (χ2v) is 4.71. The van der Waals surface area contributed by atoms with E-state index in [4.69, 9.17) is 0 Å². The molecule has 106 valence electrons. The third-order valence-corrected chi connectivity index (χ3v) is 3.03. The van der Waals surface area contributed by atoms with Gasteiger partial charge in [-0.3, -0.25) is 0 Å². The molecule has 7 heteroatoms. The van der Waals surface area contributed by atoms with E-state index < -0.39 is 0 Å². The number of hydrogen-bond donors (Lipinski definition) is 1. The number of benzene rings is 1. The number of anilines is 1. The first-order valence-electron chi connectivity index (χ1n) is 6.34. The fourth-order valence-corrected chi connectivity index (χ4v) is 1.88. The summed E-state index contributed by atoms with van der Waals surface area (Å²) in [7, 11) is 3.73. The molecule has 0 radical (unpaired) electrons. The summed E-state index contributed by atoms with van der Waals surface area (Å²) in [6.45, 7) is 0. The van der Waals surface area contributed by atoms with Crippen LogP contribution in [-0.2, 0) is 0 Å². The summed E-state index contributed by atoms with van der Waals surface area (Å²) in [4.78, 5) is 10.0. The van der Waals surface area contributed by atoms with Crippen LogP contribution in [0.1, 0.15) is 0 Å². The smallest absolute Gasteiger partial charge is 0.185 e. The van der Waals surface area contributed by atoms with Crippen molar-refractivity contribution in [1.29, 1.82) is 0 Å². The van der Waals surface area contributed by atoms with Crippen molar-refractivity contribution in [3.05, 3.63) is 43.1 Å². The third kappa shape index (κ3) is 2.53. The highest BCUT2D eigenvalue weighted by Crippen LogP contribution is 2.28. The molecule has 1 aromatic carbocycles. The lowest BCUT2D eigenvalue weighted by atomic mass is 10.1. The SMILES string of the molecule is CN(C)c1cnc(-c2ccc(-n3ccnc3)cc2O)nn1. The zero-order valence-corrected chi connectivity index (χ0v) is 11.7. The largest absolute Gasteiger partial charge is 0.507 e. The van der Waals surface area contributed by atoms with Gasteiger partial charge in [-0.1, -0.05) is 0 Å². The minimum Gasteiger partial charge on any atom is -0.507 e. The monoisotopic (exact) mass is 282 g/mol. The third-order valence-electron chi connectivity index (χ3n) is 3.03. The average Bonchev–Trinajstić information content (AvgIpc) is 3.01. The van der Waals surface area contributed by atoms with Crippen LogP contribution >= 0.6 is 0 Å². The molecule has 0 unspecified atom stereocenters. The Bertz CT molecular complexity index is 737. The Balaban J connectivity index is 1.96. The van der Waals surface area contributed by atoms with E-state index in [0.29, 0.717) is 17.2 Å². The number of phenols is 1. The summed E-state index contributed by atoms with van der Waals surface area (Å²) in [5.41, 5.74) is 1.35. The molecular formula is C14H14N6O. The Hall–Kier alpha value is -2.96. The number of nitrogens with zero attached hydrogens (tertiary/aromatic N) is 6. The van der Waals surface area contributed by atoms with Crippen molar-refractivity contribution < 1.29 is 5.11 Å². The number of imidazole rings is 1. The molecule has 0 spiro atoms. The highest BCUT2D eigenvalue weighted by molar-refractivity contribution is 5.66. The van der Waals surface area contributed by atoms with E-state index in [9.17, 15) is 5.11 Å². The first kappa shape index (κ1) is 13.0. The molecule has 0 aliphatic carbocycles. The minimum absolute atomic E-state index is 0.0978. The van der Waals surface area contributed by atoms with E-state index in [1.807, 2.05) is 25.1 Å². The van der Waals surface area contributed by atoms with Gasteiger partial charge in [-0.25, -0.2) is 9.97 Å². The Morgan fingerprint density at radius 2 is 2.05 bits per heavy atom. The summed E-state index contributed by atoms with van der Waals surface area (Å²) < 4.78 is 1.80. The predicted octanol–water partition coefficient (Wildman–Crippen LogP) is 1.50. The van der Waals surface area contributed by atoms with Crippen LogP contribution in [0.5, 0.6) is 5.75 Å². The Morgan fingerprint density at radius 1 is 1.19 bits per heavy atom. The molecule has 21 heavy (non-hydrogen) atoms. The van der Waals surface area contributed by atoms with Gasteiger partial charge < -0.3 is 14.6 Å². The summed E-state index contributed by atoms with van der Waals surface area (Å²) in [5.74, 6) is 1.14. The van der Waals surface area contributed by atoms with Gasteiger partial charge in [0.1, 0.15) is 5.75 Å². The molecule has 3 aromatic rings. The number of aromatic hydroxyl groups is 1. The van der Waals surface area contributed by atoms with Crippen molar-refractivity contribution in [1.82, 2.24) is 24.7 Å². The molecule has 0 amide bonds. The zero-order valence-electron chi connectivity index (χ0n) is 11.7. The van der Waals surface area contributed by atoms with E-state index in [1.54, 1.807) is 41.6 Å². The van der Waals surface area contributed by atoms with Gasteiger partial charge in [0.2, 0.25) is 0 Å². The van der Waals surface area contributed by atoms with Crippen LogP contribution in [0.15, 0.2) is 43.1 Å². The second kappa shape index (κ2) is 5.20. The molecule has 0 fully saturated rings. The van der Waals surface area contributed by atoms with Gasteiger partial charge in [-0.2, -0.15) is 0 Å². The first-order valence-corrected chi connectivity index (χ1v) is 6.34. The fourth-order valence-electron chi connectivity index (χ4n) is 1.88. The van der Waals surface area contributed by atoms with E-state index in [1.165, 1.54) is 0 Å². The van der Waals surface area contributed by atoms with Crippen molar-refractivity contribution in [3.8, 4) is 22.8 Å². The van der Waals surface area contributed by atoms with Crippen LogP contribution in [0.2, 0.25) is 0 Å². The van der Waals surface area contributed by atoms with Crippen LogP contribution in [-0.4, -0.2) is 43.9 Å². The topological polar surface area (TPSA) is 80.0 Å². The van der Waals surface area contributed by atoms with Crippen LogP contribution in [0.3, 0.4) is 0 Å². The zero-order chi connectivity index (χ0) is 14.8. The van der Waals surface area contributed by atoms with Crippen molar-refractivity contribution in [2.45, 2.75) is 0 Å². The van der Waals surface area contributed by atoms with Gasteiger partial charge in [0.05, 0.1) is 23.8 Å². The molecule has 0 bridgehead atoms. The Kier molecular flexibility index (Phi) is 3.23. The van der Waals surface area contributed by atoms with Crippen molar-refractivity contribution >= 4 is 5.82 Å². The lowest BCUT2D eigenvalue weighted by molar-refractivity contribution is 0.476. The van der Waals surface area contributed by atoms with E-state index in [0.717, 1.165) is 5.69 Å². The highest BCUT2D eigenvalue weighted by atomic mass is 16.3. The maximum atomic E-state index is 10.2. The van der Waals surface area contributed by atoms with Gasteiger partial charge in [-0.05, 0) is 12.1 Å². The molecule has 0 aliphatic heterocycles. The average molecular weight is 282 g/mol. The van der Waals surface area contributed by atoms with Crippen molar-refractivity contribution in [2.75, 3.05) is 19.0 Å². The molecule has 0 atom stereocenters. The summed E-state index contributed by atoms with van der Waals surface area (Å²) in [6, 6.07) is 5.26. The molecule has 0 saturated heterocycles. The molecule has 7 nitrogen and oxygen atoms in total. The van der Waals surface area contributed by atoms with Gasteiger partial charge in [-0.15, -0.1) is 10.2 Å². The Labute approximate surface area is 121 Å². The van der Waals surface area contributed by atoms with Gasteiger partial charge in [0.25, 0.3) is 0 Å². The van der Waals surface area contributed by atoms with E-state index >= 15 is 0 Å². The summed E-state index contributed by atoms with van der Waals surface area (Å²) in [5, 5.41) is 18.3. The van der Waals surface area contributed by atoms with Crippen LogP contribution in [0.25, 0.3) is 17.1 Å². The normalized spacial score (nSPS) is 10.6. The van der Waals surface area contributed by atoms with Gasteiger partial charge >= 0.3 is 0 Å². The minimum atomic E-state index is 0.0978. The second-order valence-electron chi connectivity index (χ2n) is 4.71. The van der Waals surface area contributed by atoms with Crippen molar-refractivity contribution in [2.24, 2.45) is 0 Å². The Morgan fingerprint density at radius 3 is 2.62 bits per heavy atom. The van der Waals surface area contributed by atoms with Crippen LogP contribution in [0, 0.1) is 0 Å². The molecule has 2 aromatic heterocycles. The quantitative estimate of drug-likeness (QED) is 0.784. The highest BCUT2D eigenvalue weighted by Gasteiger charge is 2.10. The first-order chi connectivity index (χ1) is 10.1. The lowest BCUT2D eigenvalue weighted by Crippen LogP contribution is -2.12. The van der Waals surface area contributed by atoms with Crippen LogP contribution < -0.4 is 4.90 Å². The molecule has 0 aliphatic rings. The molecule has 1 N–H and O–H groups in total. The fraction of sp³-hybridized carbons (Fsp3) is 0.143. The van der Waals surface area contributed by atoms with E-state index in [-0.39, 0.29) is 5.75 Å². The standard InChI is InChI=1S/C14H14N6O/c1-19(2)13-8-16-14(18-17-13)11-4-3-10(7-12(11)21)20-6-5-15-9-20/h3-9,21H,1-2H3. The lowest BCUT2D eigenvalue weighted by Gasteiger charge is -2.10. The molecule has 0 saturated carbocycles. The van der Waals surface area contributed by atoms with Crippen LogP contribution in [0.4, 0.5) is 5.82 Å². The summed E-state index contributed by atoms with van der Waals surface area (Å²) >= 11 is 0. The maximum absolute atomic E-state index is 10.2. The van der Waals surface area contributed by atoms with Gasteiger partial charge in [0.15, 0.2) is 11.6 Å². The molecule has 2 heterocycles. The number of phenolic OH excluding ortho intramolecular Hbond substituents is 1. The molecular weight excluding hydrogens is 268 g/mol. The number of rotatable bonds is 3. The number of hydrogen-bond acceptors (Lipinski definition) is 6. The maximum Gasteiger partial charge on any atom is 0.185 e. The molecule has 3 rings (SSSR count). The van der Waals surface area contributed by atoms with Gasteiger partial charge in [0, 0.05) is 32.6 Å². The van der Waals surface area contributed by atoms with E-state index in [2.05, 4.69) is 20.2 Å². The number of aromatic nitrogens is 5. The summed E-state index contributed by atoms with van der Waals surface area (Å²) in [6.07, 6.45) is 6.76.